The minimum atomic E-state index is -0.112. The number of morpholine rings is 1. The molecule has 0 aliphatic carbocycles. The van der Waals surface area contributed by atoms with E-state index in [1.807, 2.05) is 48.5 Å². The first-order chi connectivity index (χ1) is 12.3. The van der Waals surface area contributed by atoms with E-state index in [1.165, 1.54) is 5.69 Å². The molecule has 5 heteroatoms. The molecule has 1 aliphatic rings. The molecule has 0 spiro atoms. The molecule has 132 valence electrons. The lowest BCUT2D eigenvalue weighted by atomic mass is 10.2. The van der Waals surface area contributed by atoms with Gasteiger partial charge in [-0.3, -0.25) is 4.79 Å². The van der Waals surface area contributed by atoms with Crippen molar-refractivity contribution in [2.45, 2.75) is 12.5 Å². The van der Waals surface area contributed by atoms with E-state index in [0.29, 0.717) is 18.9 Å². The van der Waals surface area contributed by atoms with Gasteiger partial charge in [-0.15, -0.1) is 0 Å². The van der Waals surface area contributed by atoms with E-state index in [9.17, 15) is 4.79 Å². The summed E-state index contributed by atoms with van der Waals surface area (Å²) in [5.74, 6) is 0.589. The Kier molecular flexibility index (Phi) is 6.29. The summed E-state index contributed by atoms with van der Waals surface area (Å²) in [7, 11) is 0. The van der Waals surface area contributed by atoms with Crippen LogP contribution in [0.1, 0.15) is 6.42 Å². The maximum atomic E-state index is 11.9. The molecule has 25 heavy (non-hydrogen) atoms. The molecule has 1 saturated heterocycles. The van der Waals surface area contributed by atoms with Gasteiger partial charge in [0.05, 0.1) is 12.7 Å². The van der Waals surface area contributed by atoms with Gasteiger partial charge in [0.25, 0.3) is 5.91 Å². The normalized spacial score (nSPS) is 17.1. The van der Waals surface area contributed by atoms with Crippen molar-refractivity contribution in [2.24, 2.45) is 0 Å². The molecular weight excluding hydrogens is 316 g/mol. The highest BCUT2D eigenvalue weighted by atomic mass is 16.5. The standard InChI is InChI=1S/C20H24N2O3/c23-20(16-25-18-9-5-2-6-10-18)21-12-11-19-15-22(13-14-24-19)17-7-3-1-4-8-17/h1-10,19H,11-16H2,(H,21,23). The molecular formula is C20H24N2O3. The zero-order chi connectivity index (χ0) is 17.3. The number of nitrogens with zero attached hydrogens (tertiary/aromatic N) is 1. The van der Waals surface area contributed by atoms with Crippen molar-refractivity contribution in [3.8, 4) is 5.75 Å². The number of para-hydroxylation sites is 2. The monoisotopic (exact) mass is 340 g/mol. The maximum absolute atomic E-state index is 11.9. The molecule has 0 aromatic heterocycles. The first kappa shape index (κ1) is 17.3. The molecule has 1 aliphatic heterocycles. The summed E-state index contributed by atoms with van der Waals surface area (Å²) < 4.78 is 11.3. The molecule has 0 radical (unpaired) electrons. The number of benzene rings is 2. The van der Waals surface area contributed by atoms with Gasteiger partial charge in [0.1, 0.15) is 5.75 Å². The van der Waals surface area contributed by atoms with E-state index >= 15 is 0 Å². The van der Waals surface area contributed by atoms with Gasteiger partial charge in [-0.2, -0.15) is 0 Å². The van der Waals surface area contributed by atoms with Crippen LogP contribution in [0.4, 0.5) is 5.69 Å². The highest BCUT2D eigenvalue weighted by molar-refractivity contribution is 5.77. The Morgan fingerprint density at radius 3 is 2.60 bits per heavy atom. The predicted molar refractivity (Wildman–Crippen MR) is 98.0 cm³/mol. The maximum Gasteiger partial charge on any atom is 0.257 e. The van der Waals surface area contributed by atoms with Crippen molar-refractivity contribution in [1.82, 2.24) is 5.32 Å². The zero-order valence-corrected chi connectivity index (χ0v) is 14.3. The molecule has 1 N–H and O–H groups in total. The third-order valence-electron chi connectivity index (χ3n) is 4.16. The van der Waals surface area contributed by atoms with Crippen molar-refractivity contribution >= 4 is 11.6 Å². The van der Waals surface area contributed by atoms with Crippen LogP contribution in [0.5, 0.6) is 5.75 Å². The fourth-order valence-corrected chi connectivity index (χ4v) is 2.86. The lowest BCUT2D eigenvalue weighted by Crippen LogP contribution is -2.44. The summed E-state index contributed by atoms with van der Waals surface area (Å²) in [5.41, 5.74) is 1.22. The predicted octanol–water partition coefficient (Wildman–Crippen LogP) is 2.48. The van der Waals surface area contributed by atoms with Crippen LogP contribution >= 0.6 is 0 Å². The highest BCUT2D eigenvalue weighted by Gasteiger charge is 2.20. The van der Waals surface area contributed by atoms with Crippen LogP contribution in [0.2, 0.25) is 0 Å². The smallest absolute Gasteiger partial charge is 0.257 e. The molecule has 3 rings (SSSR count). The van der Waals surface area contributed by atoms with Gasteiger partial charge in [0.15, 0.2) is 6.61 Å². The van der Waals surface area contributed by atoms with Crippen LogP contribution < -0.4 is 15.0 Å². The molecule has 5 nitrogen and oxygen atoms in total. The van der Waals surface area contributed by atoms with Crippen molar-refractivity contribution < 1.29 is 14.3 Å². The van der Waals surface area contributed by atoms with Crippen molar-refractivity contribution in [3.63, 3.8) is 0 Å². The Morgan fingerprint density at radius 2 is 1.84 bits per heavy atom. The van der Waals surface area contributed by atoms with E-state index in [2.05, 4.69) is 22.3 Å². The number of anilines is 1. The van der Waals surface area contributed by atoms with Gasteiger partial charge in [-0.1, -0.05) is 36.4 Å². The number of carbonyl (C=O) groups excluding carboxylic acids is 1. The molecule has 0 saturated carbocycles. The summed E-state index contributed by atoms with van der Waals surface area (Å²) in [6.45, 7) is 3.08. The van der Waals surface area contributed by atoms with Gasteiger partial charge in [0, 0.05) is 25.3 Å². The van der Waals surface area contributed by atoms with E-state index in [0.717, 1.165) is 19.5 Å². The van der Waals surface area contributed by atoms with Gasteiger partial charge < -0.3 is 19.7 Å². The highest BCUT2D eigenvalue weighted by Crippen LogP contribution is 2.18. The number of ether oxygens (including phenoxy) is 2. The quantitative estimate of drug-likeness (QED) is 0.841. The van der Waals surface area contributed by atoms with Crippen molar-refractivity contribution in [3.05, 3.63) is 60.7 Å². The first-order valence-corrected chi connectivity index (χ1v) is 8.67. The molecule has 1 unspecified atom stereocenters. The third-order valence-corrected chi connectivity index (χ3v) is 4.16. The Bertz CT molecular complexity index is 649. The van der Waals surface area contributed by atoms with Crippen LogP contribution in [0, 0.1) is 0 Å². The molecule has 2 aromatic carbocycles. The van der Waals surface area contributed by atoms with Crippen LogP contribution in [0.3, 0.4) is 0 Å². The topological polar surface area (TPSA) is 50.8 Å². The molecule has 1 fully saturated rings. The number of carbonyl (C=O) groups is 1. The van der Waals surface area contributed by atoms with E-state index in [-0.39, 0.29) is 18.6 Å². The average molecular weight is 340 g/mol. The van der Waals surface area contributed by atoms with Crippen LogP contribution in [-0.2, 0) is 9.53 Å². The van der Waals surface area contributed by atoms with Crippen molar-refractivity contribution in [2.75, 3.05) is 37.7 Å². The Morgan fingerprint density at radius 1 is 1.12 bits per heavy atom. The second-order valence-electron chi connectivity index (χ2n) is 6.01. The van der Waals surface area contributed by atoms with Crippen molar-refractivity contribution in [1.29, 1.82) is 0 Å². The number of amides is 1. The largest absolute Gasteiger partial charge is 0.484 e. The first-order valence-electron chi connectivity index (χ1n) is 8.67. The van der Waals surface area contributed by atoms with E-state index < -0.39 is 0 Å². The van der Waals surface area contributed by atoms with Gasteiger partial charge in [-0.25, -0.2) is 0 Å². The number of hydrogen-bond donors (Lipinski definition) is 1. The second kappa shape index (κ2) is 9.08. The molecule has 1 amide bonds. The minimum absolute atomic E-state index is 0.0334. The number of nitrogens with one attached hydrogen (secondary N) is 1. The molecule has 0 bridgehead atoms. The summed E-state index contributed by atoms with van der Waals surface area (Å²) in [5, 5.41) is 2.89. The Labute approximate surface area is 148 Å². The van der Waals surface area contributed by atoms with Crippen LogP contribution in [0.15, 0.2) is 60.7 Å². The lowest BCUT2D eigenvalue weighted by Gasteiger charge is -2.34. The average Bonchev–Trinajstić information content (AvgIpc) is 2.68. The summed E-state index contributed by atoms with van der Waals surface area (Å²) in [6.07, 6.45) is 0.921. The third kappa shape index (κ3) is 5.50. The fourth-order valence-electron chi connectivity index (χ4n) is 2.86. The summed E-state index contributed by atoms with van der Waals surface area (Å²) in [6, 6.07) is 19.7. The Hall–Kier alpha value is -2.53. The number of rotatable bonds is 7. The number of hydrogen-bond acceptors (Lipinski definition) is 4. The second-order valence-corrected chi connectivity index (χ2v) is 6.01. The Balaban J connectivity index is 1.36. The van der Waals surface area contributed by atoms with E-state index in [1.54, 1.807) is 0 Å². The van der Waals surface area contributed by atoms with Crippen LogP contribution in [-0.4, -0.2) is 44.9 Å². The van der Waals surface area contributed by atoms with Gasteiger partial charge in [-0.05, 0) is 30.7 Å². The van der Waals surface area contributed by atoms with Gasteiger partial charge >= 0.3 is 0 Å². The summed E-state index contributed by atoms with van der Waals surface area (Å²) in [4.78, 5) is 14.2. The fraction of sp³-hybridized carbons (Fsp3) is 0.350. The van der Waals surface area contributed by atoms with E-state index in [4.69, 9.17) is 9.47 Å². The molecule has 2 aromatic rings. The van der Waals surface area contributed by atoms with Gasteiger partial charge in [0.2, 0.25) is 0 Å². The lowest BCUT2D eigenvalue weighted by molar-refractivity contribution is -0.123. The molecule has 1 heterocycles. The summed E-state index contributed by atoms with van der Waals surface area (Å²) >= 11 is 0. The SMILES string of the molecule is O=C(COc1ccccc1)NCCC1CN(c2ccccc2)CCO1. The minimum Gasteiger partial charge on any atom is -0.484 e. The molecule has 1 atom stereocenters. The zero-order valence-electron chi connectivity index (χ0n) is 14.3. The van der Waals surface area contributed by atoms with Crippen LogP contribution in [0.25, 0.3) is 0 Å².